The van der Waals surface area contributed by atoms with E-state index >= 15 is 0 Å². The molecule has 0 aliphatic heterocycles. The van der Waals surface area contributed by atoms with Crippen LogP contribution in [0.5, 0.6) is 0 Å². The Hall–Kier alpha value is -1.88. The van der Waals surface area contributed by atoms with Crippen LogP contribution in [0.4, 0.5) is 38.1 Å². The van der Waals surface area contributed by atoms with Crippen LogP contribution in [-0.4, -0.2) is 70.7 Å². The molecule has 2 aromatic heterocycles. The Balaban J connectivity index is 2.03. The lowest BCUT2D eigenvalue weighted by molar-refractivity contribution is -0.112. The highest BCUT2D eigenvalue weighted by Gasteiger charge is 2.38. The first-order chi connectivity index (χ1) is 13.9. The van der Waals surface area contributed by atoms with Crippen LogP contribution in [-0.2, 0) is 11.3 Å². The number of aromatic nitrogens is 4. The van der Waals surface area contributed by atoms with E-state index in [1.807, 2.05) is 18.9 Å². The molecule has 14 heteroatoms. The van der Waals surface area contributed by atoms with Gasteiger partial charge in [0.15, 0.2) is 17.0 Å². The highest BCUT2D eigenvalue weighted by molar-refractivity contribution is 7.57. The van der Waals surface area contributed by atoms with Crippen molar-refractivity contribution < 1.29 is 31.1 Å². The van der Waals surface area contributed by atoms with Crippen molar-refractivity contribution in [2.45, 2.75) is 32.2 Å². The number of fused-ring (bicyclic) bond motifs is 1. The first-order valence-electron chi connectivity index (χ1n) is 9.02. The van der Waals surface area contributed by atoms with Gasteiger partial charge in [-0.05, 0) is 6.42 Å². The van der Waals surface area contributed by atoms with Crippen molar-refractivity contribution in [3.8, 4) is 0 Å². The van der Waals surface area contributed by atoms with E-state index in [0.29, 0.717) is 23.5 Å². The van der Waals surface area contributed by atoms with Crippen molar-refractivity contribution in [2.24, 2.45) is 0 Å². The maximum absolute atomic E-state index is 12.5. The highest BCUT2D eigenvalue weighted by atomic mass is 31.1. The van der Waals surface area contributed by atoms with E-state index in [1.54, 1.807) is 4.57 Å². The summed E-state index contributed by atoms with van der Waals surface area (Å²) in [6.07, 6.45) is -10.6. The summed E-state index contributed by atoms with van der Waals surface area (Å²) in [6, 6.07) is 0. The van der Waals surface area contributed by atoms with Gasteiger partial charge in [0.05, 0.1) is 31.6 Å². The first-order valence-corrected chi connectivity index (χ1v) is 10.9. The molecular formula is C16H23F6N6OP. The fourth-order valence-electron chi connectivity index (χ4n) is 2.83. The standard InChI is InChI=1S/C16H23F6N6OP/c1-3-4-27(2)12-11-13(26-14(23)25-12)28(9-24-11)5-6-29-10-30(7-15(17,18)19)8-16(20,21)22/h9H,3-8,10H2,1-2H3,(H2,23,25,26). The molecule has 2 aromatic rings. The molecule has 2 N–H and O–H groups in total. The highest BCUT2D eigenvalue weighted by Crippen LogP contribution is 2.45. The second-order valence-corrected chi connectivity index (χ2v) is 8.92. The molecule has 2 heterocycles. The molecule has 0 amide bonds. The molecule has 0 aliphatic rings. The fourth-order valence-corrected chi connectivity index (χ4v) is 4.52. The van der Waals surface area contributed by atoms with Gasteiger partial charge in [0.1, 0.15) is 0 Å². The van der Waals surface area contributed by atoms with Gasteiger partial charge >= 0.3 is 12.4 Å². The normalized spacial score (nSPS) is 12.8. The third-order valence-electron chi connectivity index (χ3n) is 3.94. The number of nitrogen functional groups attached to an aromatic ring is 1. The molecule has 0 atom stereocenters. The zero-order valence-electron chi connectivity index (χ0n) is 16.5. The predicted molar refractivity (Wildman–Crippen MR) is 103 cm³/mol. The van der Waals surface area contributed by atoms with Crippen molar-refractivity contribution in [3.05, 3.63) is 6.33 Å². The molecule has 0 bridgehead atoms. The van der Waals surface area contributed by atoms with E-state index in [0.717, 1.165) is 6.42 Å². The molecule has 0 saturated carbocycles. The lowest BCUT2D eigenvalue weighted by Gasteiger charge is -2.21. The van der Waals surface area contributed by atoms with E-state index in [2.05, 4.69) is 15.0 Å². The Bertz CT molecular complexity index is 811. The topological polar surface area (TPSA) is 82.1 Å². The SMILES string of the molecule is CCCN(C)c1nc(N)nc2c1ncn2CCOCP(CC(F)(F)F)CC(F)(F)F. The van der Waals surface area contributed by atoms with Crippen molar-refractivity contribution in [2.75, 3.05) is 49.5 Å². The summed E-state index contributed by atoms with van der Waals surface area (Å²) in [7, 11) is -0.583. The monoisotopic (exact) mass is 460 g/mol. The third kappa shape index (κ3) is 7.42. The Labute approximate surface area is 170 Å². The predicted octanol–water partition coefficient (Wildman–Crippen LogP) is 3.84. The summed E-state index contributed by atoms with van der Waals surface area (Å²) in [6.45, 7) is 2.76. The van der Waals surface area contributed by atoms with Crippen LogP contribution in [0, 0.1) is 0 Å². The summed E-state index contributed by atoms with van der Waals surface area (Å²) >= 11 is 0. The number of halogens is 6. The minimum atomic E-state index is -4.67. The van der Waals surface area contributed by atoms with Crippen LogP contribution in [0.2, 0.25) is 0 Å². The van der Waals surface area contributed by atoms with Gasteiger partial charge in [0.25, 0.3) is 0 Å². The van der Waals surface area contributed by atoms with E-state index in [-0.39, 0.29) is 19.1 Å². The molecule has 0 aliphatic carbocycles. The zero-order chi connectivity index (χ0) is 22.5. The molecular weight excluding hydrogens is 437 g/mol. The summed E-state index contributed by atoms with van der Waals surface area (Å²) < 4.78 is 81.9. The Morgan fingerprint density at radius 1 is 1.13 bits per heavy atom. The molecule has 170 valence electrons. The number of nitrogens with zero attached hydrogens (tertiary/aromatic N) is 5. The van der Waals surface area contributed by atoms with E-state index in [4.69, 9.17) is 10.5 Å². The number of alkyl halides is 6. The summed E-state index contributed by atoms with van der Waals surface area (Å²) in [4.78, 5) is 14.5. The van der Waals surface area contributed by atoms with Crippen LogP contribution < -0.4 is 10.6 Å². The average Bonchev–Trinajstić information content (AvgIpc) is 2.98. The van der Waals surface area contributed by atoms with Gasteiger partial charge in [-0.3, -0.25) is 0 Å². The van der Waals surface area contributed by atoms with Crippen molar-refractivity contribution in [3.63, 3.8) is 0 Å². The lowest BCUT2D eigenvalue weighted by Crippen LogP contribution is -2.22. The maximum Gasteiger partial charge on any atom is 0.392 e. The number of hydrogen-bond acceptors (Lipinski definition) is 6. The largest absolute Gasteiger partial charge is 0.392 e. The van der Waals surface area contributed by atoms with E-state index < -0.39 is 38.9 Å². The van der Waals surface area contributed by atoms with Crippen LogP contribution in [0.15, 0.2) is 6.33 Å². The van der Waals surface area contributed by atoms with Gasteiger partial charge in [-0.15, -0.1) is 0 Å². The minimum Gasteiger partial charge on any atom is -0.375 e. The maximum atomic E-state index is 12.5. The van der Waals surface area contributed by atoms with Crippen LogP contribution in [0.25, 0.3) is 11.2 Å². The van der Waals surface area contributed by atoms with Crippen LogP contribution in [0.1, 0.15) is 13.3 Å². The Morgan fingerprint density at radius 2 is 1.77 bits per heavy atom. The van der Waals surface area contributed by atoms with Gasteiger partial charge < -0.3 is 19.9 Å². The number of anilines is 2. The summed E-state index contributed by atoms with van der Waals surface area (Å²) in [5.41, 5.74) is 6.68. The van der Waals surface area contributed by atoms with Gasteiger partial charge in [-0.1, -0.05) is 14.8 Å². The van der Waals surface area contributed by atoms with Gasteiger partial charge in [-0.25, -0.2) is 4.98 Å². The lowest BCUT2D eigenvalue weighted by atomic mass is 10.4. The summed E-state index contributed by atoms with van der Waals surface area (Å²) in [5.74, 6) is 0.569. The number of hydrogen-bond donors (Lipinski definition) is 1. The van der Waals surface area contributed by atoms with Gasteiger partial charge in [0.2, 0.25) is 5.95 Å². The van der Waals surface area contributed by atoms with Crippen molar-refractivity contribution >= 4 is 30.9 Å². The van der Waals surface area contributed by atoms with Crippen molar-refractivity contribution in [1.82, 2.24) is 19.5 Å². The molecule has 0 fully saturated rings. The van der Waals surface area contributed by atoms with E-state index in [1.165, 1.54) is 6.33 Å². The van der Waals surface area contributed by atoms with Crippen LogP contribution in [0.3, 0.4) is 0 Å². The quantitative estimate of drug-likeness (QED) is 0.330. The second-order valence-electron chi connectivity index (χ2n) is 6.69. The molecule has 2 rings (SSSR count). The molecule has 30 heavy (non-hydrogen) atoms. The number of rotatable bonds is 10. The van der Waals surface area contributed by atoms with E-state index in [9.17, 15) is 26.3 Å². The van der Waals surface area contributed by atoms with Gasteiger partial charge in [-0.2, -0.15) is 36.3 Å². The number of imidazole rings is 1. The third-order valence-corrected chi connectivity index (χ3v) is 6.10. The Kier molecular flexibility index (Phi) is 8.09. The summed E-state index contributed by atoms with van der Waals surface area (Å²) in [5, 5.41) is 0. The molecule has 0 aromatic carbocycles. The molecule has 0 saturated heterocycles. The molecule has 7 nitrogen and oxygen atoms in total. The van der Waals surface area contributed by atoms with Gasteiger partial charge in [0, 0.05) is 20.1 Å². The second kappa shape index (κ2) is 9.95. The molecule has 0 radical (unpaired) electrons. The zero-order valence-corrected chi connectivity index (χ0v) is 17.4. The average molecular weight is 460 g/mol. The number of nitrogens with two attached hydrogens (primary N) is 1. The Morgan fingerprint density at radius 3 is 2.33 bits per heavy atom. The smallest absolute Gasteiger partial charge is 0.375 e. The molecule has 0 spiro atoms. The first kappa shape index (κ1) is 24.4. The van der Waals surface area contributed by atoms with Crippen molar-refractivity contribution in [1.29, 1.82) is 0 Å². The minimum absolute atomic E-state index is 0.0296. The van der Waals surface area contributed by atoms with Crippen LogP contribution >= 0.6 is 7.92 Å². The molecule has 0 unspecified atom stereocenters. The fraction of sp³-hybridized carbons (Fsp3) is 0.688. The number of ether oxygens (including phenoxy) is 1.